The number of benzene rings is 1. The van der Waals surface area contributed by atoms with Crippen LogP contribution < -0.4 is 10.1 Å². The van der Waals surface area contributed by atoms with Gasteiger partial charge in [-0.3, -0.25) is 4.98 Å². The van der Waals surface area contributed by atoms with Crippen LogP contribution in [-0.4, -0.2) is 24.2 Å². The first-order chi connectivity index (χ1) is 9.16. The lowest BCUT2D eigenvalue weighted by Gasteiger charge is -2.13. The van der Waals surface area contributed by atoms with Gasteiger partial charge in [0, 0.05) is 24.2 Å². The van der Waals surface area contributed by atoms with Gasteiger partial charge in [-0.05, 0) is 29.8 Å². The second kappa shape index (κ2) is 6.34. The first-order valence-electron chi connectivity index (χ1n) is 6.53. The molecule has 0 aliphatic carbocycles. The molecule has 2 aromatic rings. The number of hydrogen-bond acceptors (Lipinski definition) is 3. The first-order valence-corrected chi connectivity index (χ1v) is 6.53. The van der Waals surface area contributed by atoms with Crippen LogP contribution in [0.15, 0.2) is 48.7 Å². The molecule has 0 unspecified atom stereocenters. The molecule has 2 rings (SSSR count). The standard InChI is InChI=1S/C16H20N2O/c1-12(2)18-10-13(3)11-19-16-8-4-7-15-14(16)6-5-9-17-15/h4-9,12,18H,3,10-11H2,1-2H3. The maximum Gasteiger partial charge on any atom is 0.129 e. The van der Waals surface area contributed by atoms with Gasteiger partial charge in [-0.15, -0.1) is 0 Å². The number of pyridine rings is 1. The summed E-state index contributed by atoms with van der Waals surface area (Å²) in [4.78, 5) is 4.31. The van der Waals surface area contributed by atoms with Gasteiger partial charge in [-0.2, -0.15) is 0 Å². The van der Waals surface area contributed by atoms with E-state index >= 15 is 0 Å². The molecule has 19 heavy (non-hydrogen) atoms. The predicted octanol–water partition coefficient (Wildman–Crippen LogP) is 3.17. The zero-order chi connectivity index (χ0) is 13.7. The van der Waals surface area contributed by atoms with Crippen molar-refractivity contribution in [2.75, 3.05) is 13.2 Å². The maximum atomic E-state index is 5.83. The van der Waals surface area contributed by atoms with E-state index in [4.69, 9.17) is 4.74 Å². The zero-order valence-electron chi connectivity index (χ0n) is 11.5. The maximum absolute atomic E-state index is 5.83. The molecular weight excluding hydrogens is 236 g/mol. The molecule has 3 nitrogen and oxygen atoms in total. The third-order valence-electron chi connectivity index (χ3n) is 2.80. The molecule has 0 radical (unpaired) electrons. The molecule has 0 spiro atoms. The second-order valence-electron chi connectivity index (χ2n) is 4.90. The average molecular weight is 256 g/mol. The average Bonchev–Trinajstić information content (AvgIpc) is 2.42. The molecule has 1 aromatic carbocycles. The van der Waals surface area contributed by atoms with Crippen molar-refractivity contribution < 1.29 is 4.74 Å². The minimum atomic E-state index is 0.457. The van der Waals surface area contributed by atoms with Gasteiger partial charge in [-0.1, -0.05) is 26.5 Å². The highest BCUT2D eigenvalue weighted by atomic mass is 16.5. The summed E-state index contributed by atoms with van der Waals surface area (Å²) >= 11 is 0. The molecule has 0 aliphatic heterocycles. The zero-order valence-corrected chi connectivity index (χ0v) is 11.5. The Balaban J connectivity index is 2.00. The summed E-state index contributed by atoms with van der Waals surface area (Å²) in [6, 6.07) is 10.3. The molecule has 0 saturated carbocycles. The Morgan fingerprint density at radius 1 is 1.32 bits per heavy atom. The third kappa shape index (κ3) is 3.80. The van der Waals surface area contributed by atoms with Crippen molar-refractivity contribution in [2.45, 2.75) is 19.9 Å². The van der Waals surface area contributed by atoms with Gasteiger partial charge >= 0.3 is 0 Å². The van der Waals surface area contributed by atoms with E-state index in [1.807, 2.05) is 30.3 Å². The minimum absolute atomic E-state index is 0.457. The van der Waals surface area contributed by atoms with E-state index in [-0.39, 0.29) is 0 Å². The fraction of sp³-hybridized carbons (Fsp3) is 0.312. The molecule has 0 bridgehead atoms. The molecule has 0 aliphatic rings. The van der Waals surface area contributed by atoms with Crippen LogP contribution in [0, 0.1) is 0 Å². The van der Waals surface area contributed by atoms with Crippen LogP contribution in [-0.2, 0) is 0 Å². The molecule has 0 saturated heterocycles. The Kier molecular flexibility index (Phi) is 4.53. The topological polar surface area (TPSA) is 34.1 Å². The van der Waals surface area contributed by atoms with Crippen LogP contribution in [0.4, 0.5) is 0 Å². The van der Waals surface area contributed by atoms with Crippen molar-refractivity contribution in [1.29, 1.82) is 0 Å². The lowest BCUT2D eigenvalue weighted by atomic mass is 10.2. The van der Waals surface area contributed by atoms with Crippen LogP contribution in [0.3, 0.4) is 0 Å². The highest BCUT2D eigenvalue weighted by molar-refractivity contribution is 5.84. The summed E-state index contributed by atoms with van der Waals surface area (Å²) in [6.07, 6.45) is 1.79. The molecule has 100 valence electrons. The van der Waals surface area contributed by atoms with Crippen LogP contribution in [0.2, 0.25) is 0 Å². The summed E-state index contributed by atoms with van der Waals surface area (Å²) in [7, 11) is 0. The molecular formula is C16H20N2O. The number of fused-ring (bicyclic) bond motifs is 1. The van der Waals surface area contributed by atoms with Gasteiger partial charge in [-0.25, -0.2) is 0 Å². The Morgan fingerprint density at radius 2 is 2.16 bits per heavy atom. The van der Waals surface area contributed by atoms with Gasteiger partial charge in [0.25, 0.3) is 0 Å². The molecule has 1 N–H and O–H groups in total. The molecule has 0 amide bonds. The highest BCUT2D eigenvalue weighted by Crippen LogP contribution is 2.23. The largest absolute Gasteiger partial charge is 0.489 e. The minimum Gasteiger partial charge on any atom is -0.489 e. The summed E-state index contributed by atoms with van der Waals surface area (Å²) in [5.74, 6) is 0.858. The lowest BCUT2D eigenvalue weighted by Crippen LogP contribution is -2.26. The van der Waals surface area contributed by atoms with E-state index in [0.29, 0.717) is 12.6 Å². The number of ether oxygens (including phenoxy) is 1. The Morgan fingerprint density at radius 3 is 2.95 bits per heavy atom. The second-order valence-corrected chi connectivity index (χ2v) is 4.90. The summed E-state index contributed by atoms with van der Waals surface area (Å²) in [6.45, 7) is 9.55. The lowest BCUT2D eigenvalue weighted by molar-refractivity contribution is 0.351. The van der Waals surface area contributed by atoms with Crippen LogP contribution in [0.5, 0.6) is 5.75 Å². The molecule has 0 atom stereocenters. The normalized spacial score (nSPS) is 10.9. The van der Waals surface area contributed by atoms with Gasteiger partial charge in [0.15, 0.2) is 0 Å². The van der Waals surface area contributed by atoms with Crippen molar-refractivity contribution in [3.8, 4) is 5.75 Å². The van der Waals surface area contributed by atoms with E-state index in [1.54, 1.807) is 6.20 Å². The van der Waals surface area contributed by atoms with E-state index in [9.17, 15) is 0 Å². The van der Waals surface area contributed by atoms with Crippen LogP contribution >= 0.6 is 0 Å². The van der Waals surface area contributed by atoms with Crippen molar-refractivity contribution in [3.63, 3.8) is 0 Å². The van der Waals surface area contributed by atoms with Gasteiger partial charge < -0.3 is 10.1 Å². The monoisotopic (exact) mass is 256 g/mol. The van der Waals surface area contributed by atoms with Gasteiger partial charge in [0.2, 0.25) is 0 Å². The molecule has 0 fully saturated rings. The first kappa shape index (κ1) is 13.6. The van der Waals surface area contributed by atoms with Crippen molar-refractivity contribution in [2.24, 2.45) is 0 Å². The van der Waals surface area contributed by atoms with E-state index in [1.165, 1.54) is 0 Å². The highest BCUT2D eigenvalue weighted by Gasteiger charge is 2.03. The van der Waals surface area contributed by atoms with E-state index in [2.05, 4.69) is 30.7 Å². The number of aromatic nitrogens is 1. The smallest absolute Gasteiger partial charge is 0.129 e. The predicted molar refractivity (Wildman–Crippen MR) is 79.5 cm³/mol. The molecule has 3 heteroatoms. The number of rotatable bonds is 6. The summed E-state index contributed by atoms with van der Waals surface area (Å²) < 4.78 is 5.83. The Labute approximate surface area is 114 Å². The number of hydrogen-bond donors (Lipinski definition) is 1. The summed E-state index contributed by atoms with van der Waals surface area (Å²) in [5, 5.41) is 4.36. The van der Waals surface area contributed by atoms with Crippen LogP contribution in [0.25, 0.3) is 10.9 Å². The fourth-order valence-electron chi connectivity index (χ4n) is 1.78. The summed E-state index contributed by atoms with van der Waals surface area (Å²) in [5.41, 5.74) is 1.99. The number of nitrogens with zero attached hydrogens (tertiary/aromatic N) is 1. The van der Waals surface area contributed by atoms with Crippen molar-refractivity contribution in [3.05, 3.63) is 48.7 Å². The van der Waals surface area contributed by atoms with Gasteiger partial charge in [0.05, 0.1) is 5.52 Å². The van der Waals surface area contributed by atoms with Crippen LogP contribution in [0.1, 0.15) is 13.8 Å². The van der Waals surface area contributed by atoms with Gasteiger partial charge in [0.1, 0.15) is 12.4 Å². The van der Waals surface area contributed by atoms with Crippen molar-refractivity contribution >= 4 is 10.9 Å². The Bertz CT molecular complexity index is 558. The molecule has 1 aromatic heterocycles. The third-order valence-corrected chi connectivity index (χ3v) is 2.80. The van der Waals surface area contributed by atoms with E-state index < -0.39 is 0 Å². The van der Waals surface area contributed by atoms with Crippen molar-refractivity contribution in [1.82, 2.24) is 10.3 Å². The molecule has 1 heterocycles. The number of nitrogens with one attached hydrogen (secondary N) is 1. The SMILES string of the molecule is C=C(CNC(C)C)COc1cccc2ncccc12. The fourth-order valence-corrected chi connectivity index (χ4v) is 1.78. The Hall–Kier alpha value is -1.87. The van der Waals surface area contributed by atoms with E-state index in [0.717, 1.165) is 28.8 Å². The quantitative estimate of drug-likeness (QED) is 0.806.